The first kappa shape index (κ1) is 16.9. The van der Waals surface area contributed by atoms with E-state index in [9.17, 15) is 13.2 Å². The summed E-state index contributed by atoms with van der Waals surface area (Å²) in [6.45, 7) is 3.98. The molecule has 3 rings (SSSR count). The van der Waals surface area contributed by atoms with Crippen LogP contribution in [0.3, 0.4) is 0 Å². The monoisotopic (exact) mass is 343 g/mol. The van der Waals surface area contributed by atoms with Crippen molar-refractivity contribution in [3.05, 3.63) is 85.4 Å². The largest absolute Gasteiger partial charge is 0.573 e. The molecule has 0 saturated heterocycles. The minimum absolute atomic E-state index is 0.265. The molecule has 0 N–H and O–H groups in total. The van der Waals surface area contributed by atoms with Gasteiger partial charge in [-0.1, -0.05) is 18.2 Å². The molecule has 2 radical (unpaired) electrons. The van der Waals surface area contributed by atoms with E-state index >= 15 is 0 Å². The van der Waals surface area contributed by atoms with Crippen molar-refractivity contribution in [2.24, 2.45) is 0 Å². The number of benzene rings is 1. The third-order valence-electron chi connectivity index (χ3n) is 3.40. The van der Waals surface area contributed by atoms with E-state index in [0.29, 0.717) is 11.6 Å². The van der Waals surface area contributed by atoms with Crippen LogP contribution in [0.2, 0.25) is 0 Å². The van der Waals surface area contributed by atoms with Gasteiger partial charge < -0.3 is 4.74 Å². The highest BCUT2D eigenvalue weighted by molar-refractivity contribution is 5.63. The molecule has 7 heteroatoms. The quantitative estimate of drug-likeness (QED) is 0.711. The SMILES string of the molecule is [CH2][C](c1cncnc1)c1ccc(-c2ccc(OC(F)(F)F)cc2)cn1. The van der Waals surface area contributed by atoms with E-state index in [0.717, 1.165) is 16.7 Å². The van der Waals surface area contributed by atoms with E-state index in [1.54, 1.807) is 24.7 Å². The zero-order valence-electron chi connectivity index (χ0n) is 12.9. The van der Waals surface area contributed by atoms with E-state index in [-0.39, 0.29) is 5.75 Å². The molecule has 2 heterocycles. The third-order valence-corrected chi connectivity index (χ3v) is 3.40. The van der Waals surface area contributed by atoms with Crippen LogP contribution in [-0.2, 0) is 0 Å². The average Bonchev–Trinajstić information content (AvgIpc) is 2.61. The number of alkyl halides is 3. The topological polar surface area (TPSA) is 47.9 Å². The fraction of sp³-hybridized carbons (Fsp3) is 0.0556. The predicted octanol–water partition coefficient (Wildman–Crippen LogP) is 4.24. The maximum atomic E-state index is 12.2. The number of aromatic nitrogens is 3. The molecule has 126 valence electrons. The number of hydrogen-bond donors (Lipinski definition) is 0. The van der Waals surface area contributed by atoms with Gasteiger partial charge in [-0.05, 0) is 30.7 Å². The molecule has 0 aliphatic rings. The molecule has 0 fully saturated rings. The first-order valence-electron chi connectivity index (χ1n) is 7.19. The fourth-order valence-corrected chi connectivity index (χ4v) is 2.20. The molecule has 0 bridgehead atoms. The molecule has 0 unspecified atom stereocenters. The van der Waals surface area contributed by atoms with Crippen LogP contribution >= 0.6 is 0 Å². The van der Waals surface area contributed by atoms with Crippen LogP contribution in [0.5, 0.6) is 5.75 Å². The Bertz CT molecular complexity index is 819. The van der Waals surface area contributed by atoms with Crippen molar-refractivity contribution in [2.75, 3.05) is 0 Å². The van der Waals surface area contributed by atoms with Gasteiger partial charge in [-0.2, -0.15) is 0 Å². The molecule has 2 aromatic heterocycles. The molecule has 0 spiro atoms. The molecule has 4 nitrogen and oxygen atoms in total. The molecule has 0 saturated carbocycles. The number of halogens is 3. The summed E-state index contributed by atoms with van der Waals surface area (Å²) in [6, 6.07) is 9.20. The Morgan fingerprint density at radius 1 is 0.880 bits per heavy atom. The van der Waals surface area contributed by atoms with Crippen molar-refractivity contribution in [1.82, 2.24) is 15.0 Å². The van der Waals surface area contributed by atoms with Crippen LogP contribution in [0.15, 0.2) is 61.3 Å². The zero-order valence-corrected chi connectivity index (χ0v) is 12.9. The molecular formula is C18H12F3N3O. The summed E-state index contributed by atoms with van der Waals surface area (Å²) >= 11 is 0. The second kappa shape index (κ2) is 6.88. The van der Waals surface area contributed by atoms with Crippen molar-refractivity contribution in [2.45, 2.75) is 6.36 Å². The van der Waals surface area contributed by atoms with Crippen LogP contribution in [0.4, 0.5) is 13.2 Å². The highest BCUT2D eigenvalue weighted by Gasteiger charge is 2.30. The summed E-state index contributed by atoms with van der Waals surface area (Å²) < 4.78 is 40.4. The van der Waals surface area contributed by atoms with Crippen LogP contribution in [-0.4, -0.2) is 21.3 Å². The second-order valence-corrected chi connectivity index (χ2v) is 5.11. The van der Waals surface area contributed by atoms with Crippen molar-refractivity contribution in [3.8, 4) is 16.9 Å². The molecule has 0 atom stereocenters. The summed E-state index contributed by atoms with van der Waals surface area (Å²) in [4.78, 5) is 12.2. The number of ether oxygens (including phenoxy) is 1. The zero-order chi connectivity index (χ0) is 17.9. The Morgan fingerprint density at radius 2 is 1.52 bits per heavy atom. The van der Waals surface area contributed by atoms with Gasteiger partial charge in [0.2, 0.25) is 0 Å². The summed E-state index contributed by atoms with van der Waals surface area (Å²) in [7, 11) is 0. The van der Waals surface area contributed by atoms with Gasteiger partial charge in [-0.3, -0.25) is 4.98 Å². The summed E-state index contributed by atoms with van der Waals surface area (Å²) in [5, 5.41) is 0. The Kier molecular flexibility index (Phi) is 4.65. The highest BCUT2D eigenvalue weighted by Crippen LogP contribution is 2.27. The maximum Gasteiger partial charge on any atom is 0.573 e. The number of hydrogen-bond acceptors (Lipinski definition) is 4. The highest BCUT2D eigenvalue weighted by atomic mass is 19.4. The van der Waals surface area contributed by atoms with Gasteiger partial charge in [0.25, 0.3) is 0 Å². The van der Waals surface area contributed by atoms with Crippen molar-refractivity contribution < 1.29 is 17.9 Å². The fourth-order valence-electron chi connectivity index (χ4n) is 2.20. The lowest BCUT2D eigenvalue weighted by Gasteiger charge is -2.11. The lowest BCUT2D eigenvalue weighted by Crippen LogP contribution is -2.16. The normalized spacial score (nSPS) is 11.6. The van der Waals surface area contributed by atoms with Gasteiger partial charge >= 0.3 is 6.36 Å². The summed E-state index contributed by atoms with van der Waals surface area (Å²) in [5.41, 5.74) is 2.91. The van der Waals surface area contributed by atoms with E-state index in [1.807, 2.05) is 6.07 Å². The first-order valence-corrected chi connectivity index (χ1v) is 7.19. The lowest BCUT2D eigenvalue weighted by molar-refractivity contribution is -0.274. The summed E-state index contributed by atoms with van der Waals surface area (Å²) in [5.74, 6) is 0.416. The standard InChI is InChI=1S/C18H12F3N3O/c1-12(15-8-22-11-23-9-15)17-7-4-14(10-24-17)13-2-5-16(6-3-13)25-18(19,20)21/h2-11H,1H2. The van der Waals surface area contributed by atoms with Crippen LogP contribution in [0.1, 0.15) is 11.3 Å². The lowest BCUT2D eigenvalue weighted by atomic mass is 9.99. The van der Waals surface area contributed by atoms with Gasteiger partial charge in [-0.25, -0.2) is 9.97 Å². The van der Waals surface area contributed by atoms with Crippen molar-refractivity contribution in [1.29, 1.82) is 0 Å². The van der Waals surface area contributed by atoms with Gasteiger partial charge in [0.15, 0.2) is 0 Å². The van der Waals surface area contributed by atoms with E-state index in [2.05, 4.69) is 26.6 Å². The predicted molar refractivity (Wildman–Crippen MR) is 85.2 cm³/mol. The first-order chi connectivity index (χ1) is 11.9. The van der Waals surface area contributed by atoms with Crippen LogP contribution in [0.25, 0.3) is 11.1 Å². The van der Waals surface area contributed by atoms with Gasteiger partial charge in [0.05, 0.1) is 11.6 Å². The molecule has 0 aliphatic carbocycles. The number of nitrogens with zero attached hydrogens (tertiary/aromatic N) is 3. The van der Waals surface area contributed by atoms with Gasteiger partial charge in [0, 0.05) is 29.7 Å². The van der Waals surface area contributed by atoms with Gasteiger partial charge in [0.1, 0.15) is 12.1 Å². The second-order valence-electron chi connectivity index (χ2n) is 5.11. The molecule has 3 aromatic rings. The Balaban J connectivity index is 1.76. The summed E-state index contributed by atoms with van der Waals surface area (Å²) in [6.07, 6.45) is 1.64. The van der Waals surface area contributed by atoms with E-state index in [4.69, 9.17) is 0 Å². The Hall–Kier alpha value is -2.96. The number of pyridine rings is 1. The minimum Gasteiger partial charge on any atom is -0.406 e. The van der Waals surface area contributed by atoms with E-state index < -0.39 is 6.36 Å². The smallest absolute Gasteiger partial charge is 0.406 e. The van der Waals surface area contributed by atoms with Gasteiger partial charge in [-0.15, -0.1) is 13.2 Å². The maximum absolute atomic E-state index is 12.2. The number of rotatable bonds is 4. The molecular weight excluding hydrogens is 331 g/mol. The van der Waals surface area contributed by atoms with Crippen LogP contribution < -0.4 is 4.74 Å². The third kappa shape index (κ3) is 4.32. The molecule has 1 aromatic carbocycles. The molecule has 0 aliphatic heterocycles. The molecule has 0 amide bonds. The Labute approximate surface area is 142 Å². The minimum atomic E-state index is -4.70. The molecule has 25 heavy (non-hydrogen) atoms. The average molecular weight is 343 g/mol. The Morgan fingerprint density at radius 3 is 2.08 bits per heavy atom. The van der Waals surface area contributed by atoms with Crippen molar-refractivity contribution >= 4 is 0 Å². The van der Waals surface area contributed by atoms with Crippen LogP contribution in [0, 0.1) is 12.8 Å². The van der Waals surface area contributed by atoms with E-state index in [1.165, 1.54) is 30.6 Å². The van der Waals surface area contributed by atoms with Crippen molar-refractivity contribution in [3.63, 3.8) is 0 Å².